The maximum absolute atomic E-state index is 12.8. The van der Waals surface area contributed by atoms with E-state index in [0.29, 0.717) is 35.3 Å². The molecule has 7 heteroatoms. The van der Waals surface area contributed by atoms with Gasteiger partial charge in [-0.3, -0.25) is 4.79 Å². The molecule has 1 amide bonds. The molecule has 0 aromatic heterocycles. The summed E-state index contributed by atoms with van der Waals surface area (Å²) in [6, 6.07) is 12.9. The van der Waals surface area contributed by atoms with Gasteiger partial charge in [0, 0.05) is 18.7 Å². The Morgan fingerprint density at radius 1 is 1.15 bits per heavy atom. The first kappa shape index (κ1) is 18.9. The highest BCUT2D eigenvalue weighted by Gasteiger charge is 2.28. The molecule has 3 rings (SSSR count). The number of hydrogen-bond donors (Lipinski definition) is 1. The van der Waals surface area contributed by atoms with Gasteiger partial charge in [-0.15, -0.1) is 0 Å². The SMILES string of the molecule is CC1CCCN(S(=O)(=O)c2ccc(C(=O)Nc3ccccc3Cl)cc2)C1. The lowest BCUT2D eigenvalue weighted by Gasteiger charge is -2.30. The lowest BCUT2D eigenvalue weighted by molar-refractivity contribution is 0.102. The van der Waals surface area contributed by atoms with Crippen LogP contribution in [0.5, 0.6) is 0 Å². The van der Waals surface area contributed by atoms with Crippen molar-refractivity contribution in [3.8, 4) is 0 Å². The average Bonchev–Trinajstić information content (AvgIpc) is 2.63. The molecule has 0 bridgehead atoms. The lowest BCUT2D eigenvalue weighted by Crippen LogP contribution is -2.39. The molecule has 138 valence electrons. The number of halogens is 1. The molecule has 1 unspecified atom stereocenters. The van der Waals surface area contributed by atoms with Crippen molar-refractivity contribution in [3.05, 3.63) is 59.1 Å². The molecule has 1 atom stereocenters. The van der Waals surface area contributed by atoms with E-state index in [1.165, 1.54) is 28.6 Å². The Morgan fingerprint density at radius 3 is 2.50 bits per heavy atom. The molecule has 0 aliphatic carbocycles. The van der Waals surface area contributed by atoms with E-state index >= 15 is 0 Å². The van der Waals surface area contributed by atoms with Gasteiger partial charge in [0.2, 0.25) is 10.0 Å². The van der Waals surface area contributed by atoms with Gasteiger partial charge in [-0.05, 0) is 55.2 Å². The molecule has 1 aliphatic heterocycles. The molecule has 1 aliphatic rings. The Labute approximate surface area is 159 Å². The molecule has 0 spiro atoms. The second-order valence-corrected chi connectivity index (χ2v) is 8.91. The fraction of sp³-hybridized carbons (Fsp3) is 0.316. The van der Waals surface area contributed by atoms with Crippen LogP contribution >= 0.6 is 11.6 Å². The average molecular weight is 393 g/mol. The standard InChI is InChI=1S/C19H21ClN2O3S/c1-14-5-4-12-22(13-14)26(24,25)16-10-8-15(9-11-16)19(23)21-18-7-3-2-6-17(18)20/h2-3,6-11,14H,4-5,12-13H2,1H3,(H,21,23). The van der Waals surface area contributed by atoms with Gasteiger partial charge in [0.25, 0.3) is 5.91 Å². The highest BCUT2D eigenvalue weighted by Crippen LogP contribution is 2.24. The van der Waals surface area contributed by atoms with Crippen molar-refractivity contribution in [2.24, 2.45) is 5.92 Å². The van der Waals surface area contributed by atoms with Crippen LogP contribution in [-0.2, 0) is 10.0 Å². The number of nitrogens with one attached hydrogen (secondary N) is 1. The van der Waals surface area contributed by atoms with Crippen LogP contribution < -0.4 is 5.32 Å². The van der Waals surface area contributed by atoms with E-state index in [1.807, 2.05) is 0 Å². The summed E-state index contributed by atoms with van der Waals surface area (Å²) < 4.78 is 27.0. The quantitative estimate of drug-likeness (QED) is 0.854. The molecule has 2 aromatic carbocycles. The monoisotopic (exact) mass is 392 g/mol. The maximum atomic E-state index is 12.8. The van der Waals surface area contributed by atoms with E-state index in [4.69, 9.17) is 11.6 Å². The number of sulfonamides is 1. The number of anilines is 1. The number of para-hydroxylation sites is 1. The Hall–Kier alpha value is -1.89. The summed E-state index contributed by atoms with van der Waals surface area (Å²) in [6.07, 6.45) is 1.92. The fourth-order valence-electron chi connectivity index (χ4n) is 3.05. The zero-order valence-electron chi connectivity index (χ0n) is 14.5. The van der Waals surface area contributed by atoms with Gasteiger partial charge in [-0.2, -0.15) is 4.31 Å². The largest absolute Gasteiger partial charge is 0.321 e. The van der Waals surface area contributed by atoms with Crippen LogP contribution in [0.4, 0.5) is 5.69 Å². The number of carbonyl (C=O) groups is 1. The number of amides is 1. The summed E-state index contributed by atoms with van der Waals surface area (Å²) in [4.78, 5) is 12.6. The van der Waals surface area contributed by atoms with Crippen LogP contribution in [0.3, 0.4) is 0 Å². The highest BCUT2D eigenvalue weighted by atomic mass is 35.5. The van der Waals surface area contributed by atoms with E-state index in [1.54, 1.807) is 24.3 Å². The third-order valence-corrected chi connectivity index (χ3v) is 6.71. The zero-order chi connectivity index (χ0) is 18.7. The number of hydrogen-bond acceptors (Lipinski definition) is 3. The molecular formula is C19H21ClN2O3S. The summed E-state index contributed by atoms with van der Waals surface area (Å²) in [5, 5.41) is 3.17. The molecule has 5 nitrogen and oxygen atoms in total. The van der Waals surface area contributed by atoms with Crippen molar-refractivity contribution in [2.45, 2.75) is 24.7 Å². The third kappa shape index (κ3) is 4.09. The minimum Gasteiger partial charge on any atom is -0.321 e. The summed E-state index contributed by atoms with van der Waals surface area (Å²) in [7, 11) is -3.52. The summed E-state index contributed by atoms with van der Waals surface area (Å²) in [6.45, 7) is 3.14. The number of carbonyl (C=O) groups excluding carboxylic acids is 1. The minimum absolute atomic E-state index is 0.209. The number of benzene rings is 2. The number of nitrogens with zero attached hydrogens (tertiary/aromatic N) is 1. The van der Waals surface area contributed by atoms with E-state index in [0.717, 1.165) is 12.8 Å². The normalized spacial score (nSPS) is 18.5. The molecular weight excluding hydrogens is 372 g/mol. The topological polar surface area (TPSA) is 66.5 Å². The van der Waals surface area contributed by atoms with Crippen molar-refractivity contribution >= 4 is 33.2 Å². The van der Waals surface area contributed by atoms with Gasteiger partial charge in [0.1, 0.15) is 0 Å². The van der Waals surface area contributed by atoms with Gasteiger partial charge in [0.15, 0.2) is 0 Å². The van der Waals surface area contributed by atoms with Crippen LogP contribution in [0.15, 0.2) is 53.4 Å². The molecule has 0 radical (unpaired) electrons. The summed E-state index contributed by atoms with van der Waals surface area (Å²) in [5.41, 5.74) is 0.883. The first-order valence-electron chi connectivity index (χ1n) is 8.54. The molecule has 1 fully saturated rings. The smallest absolute Gasteiger partial charge is 0.255 e. The van der Waals surface area contributed by atoms with Gasteiger partial charge >= 0.3 is 0 Å². The molecule has 1 saturated heterocycles. The van der Waals surface area contributed by atoms with E-state index in [-0.39, 0.29) is 10.8 Å². The Morgan fingerprint density at radius 2 is 1.85 bits per heavy atom. The minimum atomic E-state index is -3.52. The van der Waals surface area contributed by atoms with Crippen molar-refractivity contribution in [1.29, 1.82) is 0 Å². The zero-order valence-corrected chi connectivity index (χ0v) is 16.1. The predicted octanol–water partition coefficient (Wildman–Crippen LogP) is 4.01. The van der Waals surface area contributed by atoms with Crippen molar-refractivity contribution < 1.29 is 13.2 Å². The fourth-order valence-corrected chi connectivity index (χ4v) is 4.83. The number of rotatable bonds is 4. The second kappa shape index (κ2) is 7.78. The van der Waals surface area contributed by atoms with Crippen molar-refractivity contribution in [1.82, 2.24) is 4.31 Å². The molecule has 26 heavy (non-hydrogen) atoms. The maximum Gasteiger partial charge on any atom is 0.255 e. The summed E-state index contributed by atoms with van der Waals surface area (Å²) in [5.74, 6) is 0.0211. The van der Waals surface area contributed by atoms with Crippen molar-refractivity contribution in [3.63, 3.8) is 0 Å². The van der Waals surface area contributed by atoms with Crippen LogP contribution in [0.25, 0.3) is 0 Å². The first-order valence-corrected chi connectivity index (χ1v) is 10.4. The van der Waals surface area contributed by atoms with E-state index < -0.39 is 10.0 Å². The van der Waals surface area contributed by atoms with Crippen molar-refractivity contribution in [2.75, 3.05) is 18.4 Å². The van der Waals surface area contributed by atoms with Crippen LogP contribution in [0.2, 0.25) is 5.02 Å². The van der Waals surface area contributed by atoms with Crippen LogP contribution in [0.1, 0.15) is 30.1 Å². The van der Waals surface area contributed by atoms with Crippen LogP contribution in [-0.4, -0.2) is 31.7 Å². The molecule has 1 heterocycles. The van der Waals surface area contributed by atoms with Gasteiger partial charge in [0.05, 0.1) is 15.6 Å². The molecule has 0 saturated carbocycles. The van der Waals surface area contributed by atoms with Gasteiger partial charge < -0.3 is 5.32 Å². The molecule has 2 aromatic rings. The second-order valence-electron chi connectivity index (χ2n) is 6.57. The van der Waals surface area contributed by atoms with Gasteiger partial charge in [-0.25, -0.2) is 8.42 Å². The van der Waals surface area contributed by atoms with E-state index in [2.05, 4.69) is 12.2 Å². The van der Waals surface area contributed by atoms with E-state index in [9.17, 15) is 13.2 Å². The molecule has 1 N–H and O–H groups in total. The Bertz CT molecular complexity index is 897. The first-order chi connectivity index (χ1) is 12.4. The Balaban J connectivity index is 1.75. The van der Waals surface area contributed by atoms with Gasteiger partial charge in [-0.1, -0.05) is 30.7 Å². The Kier molecular flexibility index (Phi) is 5.65. The lowest BCUT2D eigenvalue weighted by atomic mass is 10.0. The van der Waals surface area contributed by atoms with Crippen LogP contribution in [0, 0.1) is 5.92 Å². The third-order valence-electron chi connectivity index (χ3n) is 4.50. The summed E-state index contributed by atoms with van der Waals surface area (Å²) >= 11 is 6.04. The number of piperidine rings is 1. The highest BCUT2D eigenvalue weighted by molar-refractivity contribution is 7.89. The predicted molar refractivity (Wildman–Crippen MR) is 103 cm³/mol.